The number of para-hydroxylation sites is 4. The number of aromatic nitrogens is 2. The van der Waals surface area contributed by atoms with E-state index < -0.39 is 10.8 Å². The number of rotatable bonds is 5. The van der Waals surface area contributed by atoms with E-state index in [9.17, 15) is 0 Å². The van der Waals surface area contributed by atoms with Crippen molar-refractivity contribution >= 4 is 65.2 Å². The average Bonchev–Trinajstić information content (AvgIpc) is 4.16. The molecule has 72 heavy (non-hydrogen) atoms. The number of hydrogen-bond acceptors (Lipinski definition) is 0. The predicted molar refractivity (Wildman–Crippen MR) is 300 cm³/mol. The Morgan fingerprint density at radius 1 is 0.222 bits per heavy atom. The monoisotopic (exact) mass is 912 g/mol. The zero-order chi connectivity index (χ0) is 47.1. The zero-order valence-electron chi connectivity index (χ0n) is 39.3. The van der Waals surface area contributed by atoms with Crippen LogP contribution in [0.1, 0.15) is 33.4 Å². The minimum absolute atomic E-state index is 0.832. The molecule has 334 valence electrons. The lowest BCUT2D eigenvalue weighted by Gasteiger charge is -2.51. The molecule has 12 aromatic carbocycles. The topological polar surface area (TPSA) is 9.86 Å². The van der Waals surface area contributed by atoms with Crippen molar-refractivity contribution in [2.45, 2.75) is 10.8 Å². The third-order valence-corrected chi connectivity index (χ3v) is 16.7. The second kappa shape index (κ2) is 14.6. The summed E-state index contributed by atoms with van der Waals surface area (Å²) in [5.74, 6) is 0. The molecular weight excluding hydrogens is 869 g/mol. The minimum Gasteiger partial charge on any atom is -0.309 e. The maximum atomic E-state index is 2.61. The van der Waals surface area contributed by atoms with Crippen LogP contribution in [0.15, 0.2) is 267 Å². The van der Waals surface area contributed by atoms with Gasteiger partial charge in [-0.1, -0.05) is 231 Å². The Morgan fingerprint density at radius 3 is 0.861 bits per heavy atom. The fourth-order valence-electron chi connectivity index (χ4n) is 14.2. The Hall–Kier alpha value is -9.24. The average molecular weight is 913 g/mol. The second-order valence-corrected chi connectivity index (χ2v) is 19.8. The van der Waals surface area contributed by atoms with Crippen LogP contribution in [0.2, 0.25) is 0 Å². The highest BCUT2D eigenvalue weighted by Gasteiger charge is 2.65. The van der Waals surface area contributed by atoms with Gasteiger partial charge in [0, 0.05) is 32.3 Å². The van der Waals surface area contributed by atoms with Gasteiger partial charge in [-0.2, -0.15) is 0 Å². The largest absolute Gasteiger partial charge is 0.309 e. The molecule has 2 heteroatoms. The fraction of sp³-hybridized carbons (Fsp3) is 0.0286. The molecule has 2 aliphatic rings. The van der Waals surface area contributed by atoms with Crippen LogP contribution < -0.4 is 0 Å². The maximum Gasteiger partial charge on any atom is 0.0642 e. The summed E-state index contributed by atoms with van der Waals surface area (Å²) in [5, 5.41) is 9.94. The van der Waals surface area contributed by atoms with Crippen LogP contribution in [-0.2, 0) is 10.8 Å². The summed E-state index contributed by atoms with van der Waals surface area (Å²) in [7, 11) is 0. The Bertz CT molecular complexity index is 4170. The van der Waals surface area contributed by atoms with Gasteiger partial charge in [-0.25, -0.2) is 0 Å². The molecule has 0 amide bonds. The van der Waals surface area contributed by atoms with E-state index in [1.165, 1.54) is 132 Å². The quantitative estimate of drug-likeness (QED) is 0.163. The van der Waals surface area contributed by atoms with Crippen molar-refractivity contribution in [1.29, 1.82) is 0 Å². The molecule has 2 aliphatic carbocycles. The first-order valence-electron chi connectivity index (χ1n) is 25.2. The Kier molecular flexibility index (Phi) is 8.05. The van der Waals surface area contributed by atoms with Gasteiger partial charge in [-0.05, 0) is 103 Å². The van der Waals surface area contributed by atoms with Crippen molar-refractivity contribution < 1.29 is 0 Å². The van der Waals surface area contributed by atoms with Crippen molar-refractivity contribution in [3.63, 3.8) is 0 Å². The molecule has 16 rings (SSSR count). The van der Waals surface area contributed by atoms with E-state index in [2.05, 4.69) is 276 Å². The van der Waals surface area contributed by atoms with Crippen molar-refractivity contribution in [2.75, 3.05) is 0 Å². The number of hydrogen-bond donors (Lipinski definition) is 0. The smallest absolute Gasteiger partial charge is 0.0642 e. The fourth-order valence-corrected chi connectivity index (χ4v) is 14.2. The Morgan fingerprint density at radius 2 is 0.500 bits per heavy atom. The third kappa shape index (κ3) is 4.84. The molecule has 0 radical (unpaired) electrons. The first-order chi connectivity index (χ1) is 35.8. The lowest BCUT2D eigenvalue weighted by atomic mass is 9.49. The van der Waals surface area contributed by atoms with Gasteiger partial charge < -0.3 is 9.13 Å². The van der Waals surface area contributed by atoms with E-state index in [4.69, 9.17) is 0 Å². The molecule has 0 fully saturated rings. The molecule has 2 aromatic heterocycles. The van der Waals surface area contributed by atoms with Crippen LogP contribution in [0.4, 0.5) is 0 Å². The molecular formula is C70H44N2. The summed E-state index contributed by atoms with van der Waals surface area (Å²) in [4.78, 5) is 0. The van der Waals surface area contributed by atoms with E-state index in [1.807, 2.05) is 0 Å². The normalized spacial score (nSPS) is 16.7. The first-order valence-corrected chi connectivity index (χ1v) is 25.2. The standard InChI is InChI=1S/C70H44N2/c1-3-23-45(24-4-1)69(57-37-17-11-35-55(57)67-53-33-9-7-31-51(53)65(43-59(67)69)71-61-39-19-13-27-47(61)48-28-14-20-40-62(48)71)70(46-25-5-2-6-26-46)58-38-18-12-36-56(58)68-54-34-10-8-32-52(54)66(44-60(68)70)72-63-41-21-15-29-49(63)50-30-16-22-42-64(50)72/h1-44H. The van der Waals surface area contributed by atoms with Gasteiger partial charge in [0.05, 0.1) is 44.3 Å². The molecule has 14 aromatic rings. The van der Waals surface area contributed by atoms with Crippen molar-refractivity contribution in [1.82, 2.24) is 9.13 Å². The molecule has 0 aliphatic heterocycles. The molecule has 0 bridgehead atoms. The van der Waals surface area contributed by atoms with Gasteiger partial charge in [0.15, 0.2) is 0 Å². The van der Waals surface area contributed by atoms with Crippen molar-refractivity contribution in [2.24, 2.45) is 0 Å². The van der Waals surface area contributed by atoms with Crippen LogP contribution in [0, 0.1) is 0 Å². The summed E-state index contributed by atoms with van der Waals surface area (Å²) in [6.07, 6.45) is 0. The number of fused-ring (bicyclic) bond motifs is 16. The highest BCUT2D eigenvalue weighted by molar-refractivity contribution is 6.16. The van der Waals surface area contributed by atoms with Gasteiger partial charge in [0.2, 0.25) is 0 Å². The van der Waals surface area contributed by atoms with Crippen LogP contribution in [0.5, 0.6) is 0 Å². The van der Waals surface area contributed by atoms with Crippen LogP contribution >= 0.6 is 0 Å². The molecule has 2 nitrogen and oxygen atoms in total. The summed E-state index contributed by atoms with van der Waals surface area (Å²) in [6.45, 7) is 0. The van der Waals surface area contributed by atoms with Gasteiger partial charge in [-0.15, -0.1) is 0 Å². The number of benzene rings is 12. The Balaban J connectivity index is 1.16. The zero-order valence-corrected chi connectivity index (χ0v) is 39.3. The summed E-state index contributed by atoms with van der Waals surface area (Å²) < 4.78 is 5.09. The molecule has 0 saturated carbocycles. The Labute approximate surface area is 416 Å². The van der Waals surface area contributed by atoms with Gasteiger partial charge >= 0.3 is 0 Å². The molecule has 0 N–H and O–H groups in total. The van der Waals surface area contributed by atoms with Crippen LogP contribution in [0.25, 0.3) is 98.8 Å². The lowest BCUT2D eigenvalue weighted by Crippen LogP contribution is -2.50. The predicted octanol–water partition coefficient (Wildman–Crippen LogP) is 17.5. The lowest BCUT2D eigenvalue weighted by molar-refractivity contribution is 0.437. The maximum absolute atomic E-state index is 2.61. The van der Waals surface area contributed by atoms with Crippen LogP contribution in [-0.4, -0.2) is 9.13 Å². The van der Waals surface area contributed by atoms with Gasteiger partial charge in [0.25, 0.3) is 0 Å². The SMILES string of the molecule is c1ccc(C2(C3(c4ccccc4)c4ccccc4-c4c3cc(-n3c5ccccc5c5ccccc53)c3ccccc43)c3ccccc3-c3c2cc(-n2c4ccccc4c4ccccc42)c2ccccc32)cc1. The van der Waals surface area contributed by atoms with Crippen molar-refractivity contribution in [3.8, 4) is 33.6 Å². The van der Waals surface area contributed by atoms with E-state index >= 15 is 0 Å². The number of nitrogens with zero attached hydrogens (tertiary/aromatic N) is 2. The summed E-state index contributed by atoms with van der Waals surface area (Å²) in [5.41, 5.74) is 18.3. The van der Waals surface area contributed by atoms with Crippen LogP contribution in [0.3, 0.4) is 0 Å². The molecule has 0 saturated heterocycles. The summed E-state index contributed by atoms with van der Waals surface area (Å²) >= 11 is 0. The van der Waals surface area contributed by atoms with Gasteiger partial charge in [0.1, 0.15) is 0 Å². The second-order valence-electron chi connectivity index (χ2n) is 19.8. The molecule has 2 heterocycles. The van der Waals surface area contributed by atoms with E-state index in [0.29, 0.717) is 0 Å². The third-order valence-electron chi connectivity index (χ3n) is 16.7. The molecule has 0 spiro atoms. The van der Waals surface area contributed by atoms with E-state index in [1.54, 1.807) is 0 Å². The molecule has 2 unspecified atom stereocenters. The van der Waals surface area contributed by atoms with Gasteiger partial charge in [-0.3, -0.25) is 0 Å². The highest BCUT2D eigenvalue weighted by Crippen LogP contribution is 2.71. The van der Waals surface area contributed by atoms with Crippen molar-refractivity contribution in [3.05, 3.63) is 300 Å². The minimum atomic E-state index is -0.832. The van der Waals surface area contributed by atoms with E-state index in [-0.39, 0.29) is 0 Å². The van der Waals surface area contributed by atoms with E-state index in [0.717, 1.165) is 0 Å². The summed E-state index contributed by atoms with van der Waals surface area (Å²) in [6, 6.07) is 101. The molecule has 2 atom stereocenters. The first kappa shape index (κ1) is 39.6. The highest BCUT2D eigenvalue weighted by atomic mass is 15.0.